The fraction of sp³-hybridized carbons (Fsp3) is 0. The molecule has 0 bridgehead atoms. The number of carbonyl (C=O) groups is 2. The van der Waals surface area contributed by atoms with Crippen LogP contribution < -0.4 is 13.9 Å². The molecule has 1 N–H and O–H groups in total. The molecule has 0 heterocycles. The number of carbonyl (C=O) groups excluding carboxylic acids is 2. The molecule has 0 aliphatic heterocycles. The molecular weight excluding hydrogens is 484 g/mol. The van der Waals surface area contributed by atoms with Crippen molar-refractivity contribution in [3.8, 4) is 11.5 Å². The molecule has 0 aromatic heterocycles. The van der Waals surface area contributed by atoms with Gasteiger partial charge in [0, 0.05) is 22.9 Å². The second-order valence-corrected chi connectivity index (χ2v) is 12.2. The van der Waals surface area contributed by atoms with Crippen LogP contribution in [0.1, 0.15) is 20.7 Å². The van der Waals surface area contributed by atoms with Gasteiger partial charge in [-0.15, -0.1) is 0 Å². The van der Waals surface area contributed by atoms with Gasteiger partial charge in [0.05, 0.1) is 0 Å². The maximum Gasteiger partial charge on any atom is 0.369 e. The van der Waals surface area contributed by atoms with Crippen molar-refractivity contribution in [1.29, 1.82) is 0 Å². The van der Waals surface area contributed by atoms with Crippen LogP contribution in [0.2, 0.25) is 0 Å². The predicted molar refractivity (Wildman–Crippen MR) is 140 cm³/mol. The van der Waals surface area contributed by atoms with Gasteiger partial charge in [0.25, 0.3) is 0 Å². The van der Waals surface area contributed by atoms with E-state index in [4.69, 9.17) is 20.9 Å². The number of hydrogen-bond acceptors (Lipinski definition) is 5. The molecule has 0 spiro atoms. The van der Waals surface area contributed by atoms with Gasteiger partial charge in [-0.25, -0.2) is 0 Å². The van der Waals surface area contributed by atoms with Gasteiger partial charge >= 0.3 is 6.64 Å². The first-order valence-electron chi connectivity index (χ1n) is 10.4. The highest BCUT2D eigenvalue weighted by atomic mass is 32.5. The van der Waals surface area contributed by atoms with E-state index in [-0.39, 0.29) is 11.0 Å². The molecule has 8 heteroatoms. The minimum atomic E-state index is -3.40. The highest BCUT2D eigenvalue weighted by molar-refractivity contribution is 8.13. The first-order valence-corrected chi connectivity index (χ1v) is 14.4. The van der Waals surface area contributed by atoms with E-state index in [1.165, 1.54) is 0 Å². The average Bonchev–Trinajstić information content (AvgIpc) is 2.89. The van der Waals surface area contributed by atoms with Crippen molar-refractivity contribution in [1.82, 2.24) is 4.86 Å². The summed E-state index contributed by atoms with van der Waals surface area (Å²) >= 11 is 5.85. The summed E-state index contributed by atoms with van der Waals surface area (Å²) in [6, 6.07) is 35.3. The number of rotatable bonds is 10. The second-order valence-electron chi connectivity index (χ2n) is 7.08. The molecule has 4 aromatic carbocycles. The van der Waals surface area contributed by atoms with E-state index in [2.05, 4.69) is 4.86 Å². The summed E-state index contributed by atoms with van der Waals surface area (Å²) in [4.78, 5) is 30.2. The first-order chi connectivity index (χ1) is 16.5. The van der Waals surface area contributed by atoms with Crippen molar-refractivity contribution in [2.75, 3.05) is 0 Å². The van der Waals surface area contributed by atoms with Crippen LogP contribution in [0, 0.1) is 0 Å². The molecule has 0 amide bonds. The molecule has 0 aliphatic carbocycles. The Bertz CT molecular complexity index is 1190. The highest BCUT2D eigenvalue weighted by Crippen LogP contribution is 2.54. The van der Waals surface area contributed by atoms with Gasteiger partial charge in [-0.1, -0.05) is 97.1 Å². The molecule has 0 saturated heterocycles. The van der Waals surface area contributed by atoms with Crippen LogP contribution in [0.25, 0.3) is 0 Å². The second kappa shape index (κ2) is 11.3. The number of hydrogen-bond donors (Lipinski definition) is 1. The lowest BCUT2D eigenvalue weighted by Gasteiger charge is -2.27. The molecule has 0 unspecified atom stereocenters. The SMILES string of the molecule is O=C(c1ccccc1)P(NP(=S)(Oc1ccccc1)Oc1ccccc1)C(=O)c1ccccc1. The molecule has 5 nitrogen and oxygen atoms in total. The number of para-hydroxylation sites is 2. The summed E-state index contributed by atoms with van der Waals surface area (Å²) in [6.07, 6.45) is 0. The van der Waals surface area contributed by atoms with Gasteiger partial charge in [-0.2, -0.15) is 4.86 Å². The molecule has 4 aromatic rings. The summed E-state index contributed by atoms with van der Waals surface area (Å²) in [7, 11) is -2.15. The number of benzene rings is 4. The predicted octanol–water partition coefficient (Wildman–Crippen LogP) is 7.04. The zero-order valence-corrected chi connectivity index (χ0v) is 20.6. The Morgan fingerprint density at radius 3 is 1.26 bits per heavy atom. The van der Waals surface area contributed by atoms with Crippen molar-refractivity contribution in [2.45, 2.75) is 0 Å². The Hall–Kier alpha value is -3.14. The van der Waals surface area contributed by atoms with Gasteiger partial charge in [-0.3, -0.25) is 9.59 Å². The Morgan fingerprint density at radius 2 is 0.912 bits per heavy atom. The van der Waals surface area contributed by atoms with Crippen molar-refractivity contribution < 1.29 is 18.6 Å². The van der Waals surface area contributed by atoms with E-state index in [1.54, 1.807) is 72.8 Å². The van der Waals surface area contributed by atoms with Gasteiger partial charge in [0.1, 0.15) is 19.6 Å². The Morgan fingerprint density at radius 1 is 0.588 bits per heavy atom. The van der Waals surface area contributed by atoms with E-state index in [9.17, 15) is 9.59 Å². The average molecular weight is 505 g/mol. The highest BCUT2D eigenvalue weighted by Gasteiger charge is 2.36. The van der Waals surface area contributed by atoms with E-state index in [0.717, 1.165) is 0 Å². The van der Waals surface area contributed by atoms with Gasteiger partial charge < -0.3 is 9.05 Å². The Kier molecular flexibility index (Phi) is 7.99. The summed E-state index contributed by atoms with van der Waals surface area (Å²) < 4.78 is 12.2. The van der Waals surface area contributed by atoms with Gasteiger partial charge in [-0.05, 0) is 24.3 Å². The minimum absolute atomic E-state index is 0.355. The maximum absolute atomic E-state index is 13.5. The van der Waals surface area contributed by atoms with Crippen LogP contribution in [-0.4, -0.2) is 11.0 Å². The van der Waals surface area contributed by atoms with Crippen molar-refractivity contribution >= 4 is 37.6 Å². The van der Waals surface area contributed by atoms with Crippen molar-refractivity contribution in [3.05, 3.63) is 132 Å². The fourth-order valence-electron chi connectivity index (χ4n) is 3.02. The van der Waals surface area contributed by atoms with E-state index < -0.39 is 14.7 Å². The summed E-state index contributed by atoms with van der Waals surface area (Å²) in [6.45, 7) is -3.40. The maximum atomic E-state index is 13.5. The summed E-state index contributed by atoms with van der Waals surface area (Å²) in [5.74, 6) is 0.951. The lowest BCUT2D eigenvalue weighted by molar-refractivity contribution is 0.105. The topological polar surface area (TPSA) is 64.6 Å². The standard InChI is InChI=1S/C26H21NO4P2S/c28-25(21-13-5-1-6-14-21)32(26(29)22-15-7-2-8-16-22)27-33(34,30-23-17-9-3-10-18-23)31-24-19-11-4-12-20-24/h1-20H,(H,27,34). The molecule has 0 fully saturated rings. The molecule has 0 saturated carbocycles. The molecule has 0 radical (unpaired) electrons. The molecule has 170 valence electrons. The lowest BCUT2D eigenvalue weighted by Crippen LogP contribution is -2.22. The largest absolute Gasteiger partial charge is 0.424 e. The van der Waals surface area contributed by atoms with E-state index in [0.29, 0.717) is 22.6 Å². The zero-order valence-electron chi connectivity index (χ0n) is 18.0. The molecule has 34 heavy (non-hydrogen) atoms. The lowest BCUT2D eigenvalue weighted by atomic mass is 10.2. The van der Waals surface area contributed by atoms with Crippen LogP contribution in [-0.2, 0) is 11.8 Å². The fourth-order valence-corrected chi connectivity index (χ4v) is 8.14. The molecule has 4 rings (SSSR count). The van der Waals surface area contributed by atoms with E-state index in [1.807, 2.05) is 48.5 Å². The third kappa shape index (κ3) is 6.25. The van der Waals surface area contributed by atoms with E-state index >= 15 is 0 Å². The van der Waals surface area contributed by atoms with Crippen LogP contribution in [0.4, 0.5) is 0 Å². The summed E-state index contributed by atoms with van der Waals surface area (Å²) in [5.41, 5.74) is 0.108. The van der Waals surface area contributed by atoms with Crippen LogP contribution in [0.3, 0.4) is 0 Å². The zero-order chi connectivity index (χ0) is 23.8. The third-order valence-corrected chi connectivity index (χ3v) is 9.80. The quantitative estimate of drug-likeness (QED) is 0.233. The Labute approximate surface area is 204 Å². The van der Waals surface area contributed by atoms with Gasteiger partial charge in [0.15, 0.2) is 0 Å². The first kappa shape index (κ1) is 24.0. The number of nitrogens with one attached hydrogen (secondary N) is 1. The third-order valence-electron chi connectivity index (χ3n) is 4.61. The molecule has 0 atom stereocenters. The van der Waals surface area contributed by atoms with Crippen molar-refractivity contribution in [2.24, 2.45) is 0 Å². The van der Waals surface area contributed by atoms with Crippen molar-refractivity contribution in [3.63, 3.8) is 0 Å². The monoisotopic (exact) mass is 505 g/mol. The normalized spacial score (nSPS) is 11.1. The summed E-state index contributed by atoms with van der Waals surface area (Å²) in [5, 5.41) is 0. The van der Waals surface area contributed by atoms with Crippen LogP contribution >= 0.6 is 14.7 Å². The van der Waals surface area contributed by atoms with Gasteiger partial charge in [0.2, 0.25) is 11.0 Å². The van der Waals surface area contributed by atoms with Crippen LogP contribution in [0.15, 0.2) is 121 Å². The smallest absolute Gasteiger partial charge is 0.369 e. The minimum Gasteiger partial charge on any atom is -0.424 e. The molecule has 0 aliphatic rings. The Balaban J connectivity index is 1.73. The van der Waals surface area contributed by atoms with Crippen LogP contribution in [0.5, 0.6) is 11.5 Å². The molecular formula is C26H21NO4P2S.